The third kappa shape index (κ3) is 10.2. The Morgan fingerprint density at radius 1 is 1.38 bits per heavy atom. The van der Waals surface area contributed by atoms with Gasteiger partial charge in [-0.15, -0.1) is 0 Å². The second-order valence-electron chi connectivity index (χ2n) is 4.54. The fourth-order valence-corrected chi connectivity index (χ4v) is 1.76. The van der Waals surface area contributed by atoms with Crippen LogP contribution in [-0.4, -0.2) is 35.3 Å². The summed E-state index contributed by atoms with van der Waals surface area (Å²) in [4.78, 5) is 0. The van der Waals surface area contributed by atoms with Gasteiger partial charge in [0.25, 0.3) is 0 Å². The molecule has 0 amide bonds. The third-order valence-electron chi connectivity index (χ3n) is 1.62. The van der Waals surface area contributed by atoms with Crippen LogP contribution in [0.3, 0.4) is 0 Å². The Balaban J connectivity index is 3.18. The first-order valence-electron chi connectivity index (χ1n) is 4.89. The fourth-order valence-electron chi connectivity index (χ4n) is 0.835. The van der Waals surface area contributed by atoms with Crippen LogP contribution < -0.4 is 5.32 Å². The predicted octanol–water partition coefficient (Wildman–Crippen LogP) is 1.74. The zero-order chi connectivity index (χ0) is 10.3. The van der Waals surface area contributed by atoms with Crippen molar-refractivity contribution in [1.29, 1.82) is 0 Å². The van der Waals surface area contributed by atoms with Crippen molar-refractivity contribution in [2.24, 2.45) is 5.92 Å². The Kier molecular flexibility index (Phi) is 6.82. The first-order valence-corrected chi connectivity index (χ1v) is 6.05. The molecule has 0 heterocycles. The average molecular weight is 205 g/mol. The molecule has 0 aromatic carbocycles. The molecular formula is C10H23NOS. The highest BCUT2D eigenvalue weighted by Gasteiger charge is 2.07. The molecule has 0 aliphatic rings. The molecule has 2 nitrogen and oxygen atoms in total. The van der Waals surface area contributed by atoms with Crippen LogP contribution in [0.25, 0.3) is 0 Å². The molecule has 1 atom stereocenters. The molecule has 3 heteroatoms. The number of aliphatic hydroxyl groups excluding tert-OH is 1. The third-order valence-corrected chi connectivity index (χ3v) is 2.91. The molecule has 0 rings (SSSR count). The monoisotopic (exact) mass is 205 g/mol. The Bertz CT molecular complexity index is 123. The molecule has 80 valence electrons. The SMILES string of the molecule is CC(CO)CSCCNC(C)(C)C. The first-order chi connectivity index (χ1) is 5.95. The summed E-state index contributed by atoms with van der Waals surface area (Å²) < 4.78 is 0. The largest absolute Gasteiger partial charge is 0.396 e. The minimum Gasteiger partial charge on any atom is -0.396 e. The lowest BCUT2D eigenvalue weighted by Crippen LogP contribution is -2.37. The van der Waals surface area contributed by atoms with E-state index in [1.165, 1.54) is 0 Å². The molecule has 0 saturated carbocycles. The second-order valence-corrected chi connectivity index (χ2v) is 5.69. The summed E-state index contributed by atoms with van der Waals surface area (Å²) in [6.07, 6.45) is 0. The summed E-state index contributed by atoms with van der Waals surface area (Å²) in [6.45, 7) is 9.95. The Labute approximate surface area is 86.5 Å². The van der Waals surface area contributed by atoms with Crippen molar-refractivity contribution in [3.8, 4) is 0 Å². The minimum atomic E-state index is 0.225. The molecule has 13 heavy (non-hydrogen) atoms. The molecule has 1 unspecified atom stereocenters. The summed E-state index contributed by atoms with van der Waals surface area (Å²) in [6, 6.07) is 0. The lowest BCUT2D eigenvalue weighted by Gasteiger charge is -2.20. The van der Waals surface area contributed by atoms with Crippen LogP contribution in [0.5, 0.6) is 0 Å². The highest BCUT2D eigenvalue weighted by molar-refractivity contribution is 7.99. The molecule has 0 spiro atoms. The van der Waals surface area contributed by atoms with Gasteiger partial charge in [-0.1, -0.05) is 6.92 Å². The van der Waals surface area contributed by atoms with Crippen LogP contribution in [-0.2, 0) is 0 Å². The van der Waals surface area contributed by atoms with Gasteiger partial charge < -0.3 is 10.4 Å². The summed E-state index contributed by atoms with van der Waals surface area (Å²) in [5.74, 6) is 2.61. The smallest absolute Gasteiger partial charge is 0.0464 e. The van der Waals surface area contributed by atoms with E-state index in [1.54, 1.807) is 0 Å². The minimum absolute atomic E-state index is 0.225. The Hall–Kier alpha value is 0.270. The van der Waals surface area contributed by atoms with E-state index in [0.717, 1.165) is 18.1 Å². The van der Waals surface area contributed by atoms with Gasteiger partial charge in [-0.2, -0.15) is 11.8 Å². The molecular weight excluding hydrogens is 182 g/mol. The van der Waals surface area contributed by atoms with Crippen LogP contribution in [0.15, 0.2) is 0 Å². The van der Waals surface area contributed by atoms with E-state index in [4.69, 9.17) is 5.11 Å². The van der Waals surface area contributed by atoms with Crippen molar-refractivity contribution in [2.45, 2.75) is 33.2 Å². The lowest BCUT2D eigenvalue weighted by atomic mass is 10.1. The van der Waals surface area contributed by atoms with Crippen molar-refractivity contribution < 1.29 is 5.11 Å². The van der Waals surface area contributed by atoms with E-state index in [1.807, 2.05) is 11.8 Å². The highest BCUT2D eigenvalue weighted by Crippen LogP contribution is 2.07. The highest BCUT2D eigenvalue weighted by atomic mass is 32.2. The lowest BCUT2D eigenvalue weighted by molar-refractivity contribution is 0.250. The van der Waals surface area contributed by atoms with Crippen LogP contribution in [0.1, 0.15) is 27.7 Å². The quantitative estimate of drug-likeness (QED) is 0.648. The van der Waals surface area contributed by atoms with Crippen molar-refractivity contribution >= 4 is 11.8 Å². The molecule has 0 bridgehead atoms. The molecule has 0 aromatic heterocycles. The van der Waals surface area contributed by atoms with Gasteiger partial charge in [-0.3, -0.25) is 0 Å². The van der Waals surface area contributed by atoms with Crippen molar-refractivity contribution in [2.75, 3.05) is 24.7 Å². The van der Waals surface area contributed by atoms with Gasteiger partial charge in [0.1, 0.15) is 0 Å². The van der Waals surface area contributed by atoms with E-state index in [9.17, 15) is 0 Å². The van der Waals surface area contributed by atoms with Crippen LogP contribution >= 0.6 is 11.8 Å². The molecule has 0 saturated heterocycles. The number of hydrogen-bond acceptors (Lipinski definition) is 3. The number of hydrogen-bond donors (Lipinski definition) is 2. The van der Waals surface area contributed by atoms with Gasteiger partial charge >= 0.3 is 0 Å². The van der Waals surface area contributed by atoms with E-state index >= 15 is 0 Å². The second kappa shape index (κ2) is 6.68. The average Bonchev–Trinajstić information content (AvgIpc) is 2.01. The fraction of sp³-hybridized carbons (Fsp3) is 1.00. The standard InChI is InChI=1S/C10H23NOS/c1-9(7-12)8-13-6-5-11-10(2,3)4/h9,11-12H,5-8H2,1-4H3. The molecule has 0 aliphatic heterocycles. The van der Waals surface area contributed by atoms with Gasteiger partial charge in [-0.25, -0.2) is 0 Å². The predicted molar refractivity (Wildman–Crippen MR) is 61.3 cm³/mol. The normalized spacial score (nSPS) is 14.5. The number of thioether (sulfide) groups is 1. The van der Waals surface area contributed by atoms with E-state index in [2.05, 4.69) is 33.0 Å². The van der Waals surface area contributed by atoms with Crippen molar-refractivity contribution in [3.05, 3.63) is 0 Å². The van der Waals surface area contributed by atoms with Gasteiger partial charge in [0, 0.05) is 24.4 Å². The summed E-state index contributed by atoms with van der Waals surface area (Å²) >= 11 is 1.90. The van der Waals surface area contributed by atoms with Gasteiger partial charge in [-0.05, 0) is 32.4 Å². The topological polar surface area (TPSA) is 32.3 Å². The molecule has 0 fully saturated rings. The van der Waals surface area contributed by atoms with Gasteiger partial charge in [0.15, 0.2) is 0 Å². The Morgan fingerprint density at radius 3 is 2.46 bits per heavy atom. The summed E-state index contributed by atoms with van der Waals surface area (Å²) in [5.41, 5.74) is 0.225. The Morgan fingerprint density at radius 2 is 2.00 bits per heavy atom. The number of aliphatic hydroxyl groups is 1. The number of rotatable bonds is 6. The zero-order valence-electron chi connectivity index (χ0n) is 9.26. The van der Waals surface area contributed by atoms with E-state index < -0.39 is 0 Å². The molecule has 0 aliphatic carbocycles. The van der Waals surface area contributed by atoms with Gasteiger partial charge in [0.2, 0.25) is 0 Å². The van der Waals surface area contributed by atoms with E-state index in [-0.39, 0.29) is 5.54 Å². The maximum absolute atomic E-state index is 8.79. The van der Waals surface area contributed by atoms with Crippen LogP contribution in [0.2, 0.25) is 0 Å². The first kappa shape index (κ1) is 13.3. The van der Waals surface area contributed by atoms with Crippen LogP contribution in [0, 0.1) is 5.92 Å². The summed E-state index contributed by atoms with van der Waals surface area (Å²) in [7, 11) is 0. The zero-order valence-corrected chi connectivity index (χ0v) is 10.1. The maximum Gasteiger partial charge on any atom is 0.0464 e. The molecule has 0 aromatic rings. The van der Waals surface area contributed by atoms with E-state index in [0.29, 0.717) is 12.5 Å². The van der Waals surface area contributed by atoms with Crippen molar-refractivity contribution in [1.82, 2.24) is 5.32 Å². The molecule has 0 radical (unpaired) electrons. The maximum atomic E-state index is 8.79. The summed E-state index contributed by atoms with van der Waals surface area (Å²) in [5, 5.41) is 12.2. The number of nitrogens with one attached hydrogen (secondary N) is 1. The van der Waals surface area contributed by atoms with Crippen LogP contribution in [0.4, 0.5) is 0 Å². The molecule has 2 N–H and O–H groups in total. The van der Waals surface area contributed by atoms with Crippen molar-refractivity contribution in [3.63, 3.8) is 0 Å². The van der Waals surface area contributed by atoms with Gasteiger partial charge in [0.05, 0.1) is 0 Å².